The highest BCUT2D eigenvalue weighted by Gasteiger charge is 2.14. The molecule has 0 amide bonds. The normalized spacial score (nSPS) is 11.8. The van der Waals surface area contributed by atoms with Gasteiger partial charge in [-0.15, -0.1) is 0 Å². The van der Waals surface area contributed by atoms with Gasteiger partial charge in [-0.2, -0.15) is 0 Å². The molecule has 0 aliphatic rings. The van der Waals surface area contributed by atoms with Crippen molar-refractivity contribution in [3.05, 3.63) is 89.6 Å². The summed E-state index contributed by atoms with van der Waals surface area (Å²) in [4.78, 5) is 3.51. The van der Waals surface area contributed by atoms with Crippen molar-refractivity contribution in [1.29, 1.82) is 0 Å². The van der Waals surface area contributed by atoms with E-state index in [9.17, 15) is 8.42 Å². The molecule has 1 heterocycles. The first-order chi connectivity index (χ1) is 14.0. The average Bonchev–Trinajstić information content (AvgIpc) is 3.15. The van der Waals surface area contributed by atoms with Crippen LogP contribution in [0.5, 0.6) is 0 Å². The average molecular weight is 425 g/mol. The minimum Gasteiger partial charge on any atom is -0.361 e. The molecule has 0 saturated carbocycles. The highest BCUT2D eigenvalue weighted by atomic mass is 35.5. The van der Waals surface area contributed by atoms with Crippen molar-refractivity contribution >= 4 is 32.5 Å². The summed E-state index contributed by atoms with van der Waals surface area (Å²) in [5.41, 5.74) is 4.06. The van der Waals surface area contributed by atoms with Gasteiger partial charge in [0.15, 0.2) is 0 Å². The Morgan fingerprint density at radius 2 is 1.69 bits per heavy atom. The fourth-order valence-electron chi connectivity index (χ4n) is 3.39. The largest absolute Gasteiger partial charge is 0.361 e. The summed E-state index contributed by atoms with van der Waals surface area (Å²) in [5.74, 6) is 0. The zero-order valence-electron chi connectivity index (χ0n) is 15.7. The molecular weight excluding hydrogens is 404 g/mol. The third kappa shape index (κ3) is 4.53. The summed E-state index contributed by atoms with van der Waals surface area (Å²) in [6.07, 6.45) is 3.52. The van der Waals surface area contributed by atoms with Crippen LogP contribution in [0.15, 0.2) is 83.9 Å². The number of aromatic amines is 1. The van der Waals surface area contributed by atoms with Crippen molar-refractivity contribution in [2.45, 2.75) is 17.7 Å². The molecule has 0 unspecified atom stereocenters. The molecule has 0 fully saturated rings. The third-order valence-corrected chi connectivity index (χ3v) is 6.62. The van der Waals surface area contributed by atoms with E-state index >= 15 is 0 Å². The Bertz CT molecular complexity index is 1230. The first kappa shape index (κ1) is 19.7. The monoisotopic (exact) mass is 424 g/mol. The topological polar surface area (TPSA) is 62.0 Å². The van der Waals surface area contributed by atoms with Crippen LogP contribution in [-0.2, 0) is 16.4 Å². The molecule has 4 nitrogen and oxygen atoms in total. The number of halogens is 1. The maximum atomic E-state index is 12.7. The van der Waals surface area contributed by atoms with Crippen molar-refractivity contribution in [3.63, 3.8) is 0 Å². The number of rotatable bonds is 7. The lowest BCUT2D eigenvalue weighted by atomic mass is 10.1. The number of sulfonamides is 1. The van der Waals surface area contributed by atoms with Crippen molar-refractivity contribution in [2.75, 3.05) is 6.54 Å². The van der Waals surface area contributed by atoms with Gasteiger partial charge in [-0.05, 0) is 59.9 Å². The quantitative estimate of drug-likeness (QED) is 0.390. The fourth-order valence-corrected chi connectivity index (χ4v) is 4.64. The molecule has 4 rings (SSSR count). The highest BCUT2D eigenvalue weighted by Crippen LogP contribution is 2.24. The van der Waals surface area contributed by atoms with Gasteiger partial charge in [-0.1, -0.05) is 54.1 Å². The molecule has 0 saturated heterocycles. The Morgan fingerprint density at radius 1 is 0.897 bits per heavy atom. The molecule has 0 bridgehead atoms. The Balaban J connectivity index is 1.41. The third-order valence-electron chi connectivity index (χ3n) is 4.91. The number of nitrogens with one attached hydrogen (secondary N) is 2. The number of aromatic nitrogens is 1. The molecule has 2 N–H and O–H groups in total. The zero-order valence-corrected chi connectivity index (χ0v) is 17.3. The van der Waals surface area contributed by atoms with E-state index in [0.717, 1.165) is 29.5 Å². The molecule has 0 atom stereocenters. The molecule has 6 heteroatoms. The smallest absolute Gasteiger partial charge is 0.240 e. The molecule has 1 aromatic heterocycles. The molecule has 3 aromatic carbocycles. The van der Waals surface area contributed by atoms with E-state index in [1.54, 1.807) is 30.3 Å². The number of benzene rings is 3. The van der Waals surface area contributed by atoms with Gasteiger partial charge in [0, 0.05) is 28.7 Å². The van der Waals surface area contributed by atoms with Gasteiger partial charge < -0.3 is 4.98 Å². The van der Waals surface area contributed by atoms with Crippen molar-refractivity contribution in [2.24, 2.45) is 0 Å². The number of hydrogen-bond donors (Lipinski definition) is 2. The van der Waals surface area contributed by atoms with Crippen LogP contribution in [0, 0.1) is 0 Å². The van der Waals surface area contributed by atoms with Gasteiger partial charge in [0.25, 0.3) is 0 Å². The molecule has 0 spiro atoms. The number of para-hydroxylation sites is 1. The van der Waals surface area contributed by atoms with E-state index in [4.69, 9.17) is 11.6 Å². The summed E-state index contributed by atoms with van der Waals surface area (Å²) in [5, 5.41) is 1.83. The SMILES string of the molecule is O=S(=O)(NCCCc1c[nH]c2ccccc12)c1cccc(-c2ccc(Cl)cc2)c1. The Labute approximate surface area is 175 Å². The Morgan fingerprint density at radius 3 is 2.52 bits per heavy atom. The van der Waals surface area contributed by atoms with E-state index in [0.29, 0.717) is 11.6 Å². The molecule has 0 aliphatic carbocycles. The summed E-state index contributed by atoms with van der Waals surface area (Å²) in [6.45, 7) is 0.382. The van der Waals surface area contributed by atoms with Crippen LogP contribution < -0.4 is 4.72 Å². The Hall–Kier alpha value is -2.60. The van der Waals surface area contributed by atoms with Gasteiger partial charge >= 0.3 is 0 Å². The van der Waals surface area contributed by atoms with Crippen LogP contribution in [0.1, 0.15) is 12.0 Å². The van der Waals surface area contributed by atoms with Gasteiger partial charge in [0.05, 0.1) is 4.90 Å². The van der Waals surface area contributed by atoms with E-state index < -0.39 is 10.0 Å². The number of aryl methyl sites for hydroxylation is 1. The molecule has 4 aromatic rings. The van der Waals surface area contributed by atoms with Gasteiger partial charge in [0.1, 0.15) is 0 Å². The van der Waals surface area contributed by atoms with Gasteiger partial charge in [-0.3, -0.25) is 0 Å². The van der Waals surface area contributed by atoms with Crippen molar-refractivity contribution < 1.29 is 8.42 Å². The van der Waals surface area contributed by atoms with Crippen LogP contribution >= 0.6 is 11.6 Å². The number of H-pyrrole nitrogens is 1. The number of fused-ring (bicyclic) bond motifs is 1. The molecule has 0 radical (unpaired) electrons. The van der Waals surface area contributed by atoms with Crippen LogP contribution in [-0.4, -0.2) is 19.9 Å². The lowest BCUT2D eigenvalue weighted by Gasteiger charge is -2.09. The summed E-state index contributed by atoms with van der Waals surface area (Å²) in [7, 11) is -3.57. The van der Waals surface area contributed by atoms with E-state index in [2.05, 4.69) is 15.8 Å². The molecular formula is C23H21ClN2O2S. The molecule has 148 valence electrons. The second kappa shape index (κ2) is 8.41. The van der Waals surface area contributed by atoms with Gasteiger partial charge in [0.2, 0.25) is 10.0 Å². The van der Waals surface area contributed by atoms with Crippen molar-refractivity contribution in [1.82, 2.24) is 9.71 Å². The summed E-state index contributed by atoms with van der Waals surface area (Å²) < 4.78 is 28.1. The van der Waals surface area contributed by atoms with E-state index in [1.165, 1.54) is 10.9 Å². The fraction of sp³-hybridized carbons (Fsp3) is 0.130. The number of hydrogen-bond acceptors (Lipinski definition) is 2. The van der Waals surface area contributed by atoms with E-state index in [1.807, 2.05) is 42.6 Å². The van der Waals surface area contributed by atoms with Crippen LogP contribution in [0.4, 0.5) is 0 Å². The standard InChI is InChI=1S/C23H21ClN2O2S/c24-20-12-10-17(11-13-20)18-5-3-7-21(15-18)29(27,28)26-14-4-6-19-16-25-23-9-2-1-8-22(19)23/h1-3,5,7-13,15-16,25-26H,4,6,14H2. The van der Waals surface area contributed by atoms with Crippen LogP contribution in [0.25, 0.3) is 22.0 Å². The van der Waals surface area contributed by atoms with E-state index in [-0.39, 0.29) is 4.90 Å². The molecule has 29 heavy (non-hydrogen) atoms. The van der Waals surface area contributed by atoms with Crippen LogP contribution in [0.2, 0.25) is 5.02 Å². The first-order valence-corrected chi connectivity index (χ1v) is 11.3. The lowest BCUT2D eigenvalue weighted by Crippen LogP contribution is -2.25. The van der Waals surface area contributed by atoms with Gasteiger partial charge in [-0.25, -0.2) is 13.1 Å². The summed E-state index contributed by atoms with van der Waals surface area (Å²) >= 11 is 5.94. The molecule has 0 aliphatic heterocycles. The predicted molar refractivity (Wildman–Crippen MR) is 119 cm³/mol. The summed E-state index contributed by atoms with van der Waals surface area (Å²) in [6, 6.07) is 22.4. The maximum absolute atomic E-state index is 12.7. The minimum absolute atomic E-state index is 0.261. The maximum Gasteiger partial charge on any atom is 0.240 e. The highest BCUT2D eigenvalue weighted by molar-refractivity contribution is 7.89. The first-order valence-electron chi connectivity index (χ1n) is 9.44. The second-order valence-electron chi connectivity index (χ2n) is 6.90. The van der Waals surface area contributed by atoms with Crippen molar-refractivity contribution in [3.8, 4) is 11.1 Å². The lowest BCUT2D eigenvalue weighted by molar-refractivity contribution is 0.579. The second-order valence-corrected chi connectivity index (χ2v) is 9.10. The predicted octanol–water partition coefficient (Wildman–Crippen LogP) is 5.40. The minimum atomic E-state index is -3.57. The van der Waals surface area contributed by atoms with Crippen LogP contribution in [0.3, 0.4) is 0 Å². The Kier molecular flexibility index (Phi) is 5.72. The zero-order chi connectivity index (χ0) is 20.3.